The highest BCUT2D eigenvalue weighted by Gasteiger charge is 2.42. The monoisotopic (exact) mass is 280 g/mol. The lowest BCUT2D eigenvalue weighted by Crippen LogP contribution is -2.47. The highest BCUT2D eigenvalue weighted by molar-refractivity contribution is 5.11. The zero-order chi connectivity index (χ0) is 14.6. The van der Waals surface area contributed by atoms with Gasteiger partial charge in [-0.3, -0.25) is 0 Å². The molecule has 0 saturated heterocycles. The Morgan fingerprint density at radius 1 is 1.45 bits per heavy atom. The number of hydrogen-bond acceptors (Lipinski definition) is 4. The molecule has 1 saturated carbocycles. The first-order chi connectivity index (χ1) is 9.63. The van der Waals surface area contributed by atoms with Crippen molar-refractivity contribution in [1.29, 1.82) is 0 Å². The number of rotatable bonds is 6. The molecule has 0 bridgehead atoms. The van der Waals surface area contributed by atoms with Crippen LogP contribution in [-0.4, -0.2) is 27.2 Å². The van der Waals surface area contributed by atoms with Crippen LogP contribution in [0.5, 0.6) is 0 Å². The van der Waals surface area contributed by atoms with Gasteiger partial charge in [-0.25, -0.2) is 4.68 Å². The number of ether oxygens (including phenoxy) is 1. The standard InChI is InChI=1S/C15H28N4O/c1-4-10-19-13(11-17-18-19)14(16)15(20-5-2)8-6-12(3)7-9-15/h11-12,14H,4-10,16H2,1-3H3. The van der Waals surface area contributed by atoms with Crippen LogP contribution in [0.3, 0.4) is 0 Å². The Labute approximate surface area is 121 Å². The van der Waals surface area contributed by atoms with Crippen LogP contribution in [-0.2, 0) is 11.3 Å². The van der Waals surface area contributed by atoms with Crippen molar-refractivity contribution in [3.63, 3.8) is 0 Å². The van der Waals surface area contributed by atoms with Gasteiger partial charge < -0.3 is 10.5 Å². The van der Waals surface area contributed by atoms with E-state index in [4.69, 9.17) is 10.5 Å². The van der Waals surface area contributed by atoms with Crippen molar-refractivity contribution in [2.75, 3.05) is 6.61 Å². The van der Waals surface area contributed by atoms with Crippen LogP contribution < -0.4 is 5.73 Å². The van der Waals surface area contributed by atoms with Gasteiger partial charge in [0.15, 0.2) is 0 Å². The molecule has 1 aromatic rings. The summed E-state index contributed by atoms with van der Waals surface area (Å²) in [6.07, 6.45) is 7.26. The third kappa shape index (κ3) is 3.04. The minimum Gasteiger partial charge on any atom is -0.373 e. The molecule has 0 aliphatic heterocycles. The predicted molar refractivity (Wildman–Crippen MR) is 79.2 cm³/mol. The van der Waals surface area contributed by atoms with Crippen molar-refractivity contribution in [1.82, 2.24) is 15.0 Å². The van der Waals surface area contributed by atoms with Crippen molar-refractivity contribution in [3.8, 4) is 0 Å². The Morgan fingerprint density at radius 2 is 2.15 bits per heavy atom. The summed E-state index contributed by atoms with van der Waals surface area (Å²) in [4.78, 5) is 0. The van der Waals surface area contributed by atoms with Crippen molar-refractivity contribution < 1.29 is 4.74 Å². The molecule has 5 heteroatoms. The number of hydrogen-bond donors (Lipinski definition) is 1. The van der Waals surface area contributed by atoms with E-state index in [2.05, 4.69) is 24.2 Å². The van der Waals surface area contributed by atoms with E-state index < -0.39 is 0 Å². The number of nitrogens with two attached hydrogens (primary N) is 1. The molecule has 1 aliphatic rings. The van der Waals surface area contributed by atoms with E-state index in [0.717, 1.165) is 37.4 Å². The van der Waals surface area contributed by atoms with E-state index >= 15 is 0 Å². The van der Waals surface area contributed by atoms with Crippen LogP contribution in [0, 0.1) is 5.92 Å². The van der Waals surface area contributed by atoms with E-state index in [9.17, 15) is 0 Å². The van der Waals surface area contributed by atoms with Crippen molar-refractivity contribution in [2.45, 2.75) is 71.1 Å². The first-order valence-corrected chi connectivity index (χ1v) is 7.91. The molecule has 0 spiro atoms. The smallest absolute Gasteiger partial charge is 0.0890 e. The summed E-state index contributed by atoms with van der Waals surface area (Å²) in [5.74, 6) is 0.773. The molecular weight excluding hydrogens is 252 g/mol. The van der Waals surface area contributed by atoms with Gasteiger partial charge in [0.25, 0.3) is 0 Å². The number of nitrogens with zero attached hydrogens (tertiary/aromatic N) is 3. The van der Waals surface area contributed by atoms with E-state index in [1.165, 1.54) is 12.8 Å². The first-order valence-electron chi connectivity index (χ1n) is 7.91. The third-order valence-corrected chi connectivity index (χ3v) is 4.52. The fourth-order valence-electron chi connectivity index (χ4n) is 3.24. The maximum Gasteiger partial charge on any atom is 0.0890 e. The molecule has 2 rings (SSSR count). The lowest BCUT2D eigenvalue weighted by molar-refractivity contribution is -0.0911. The molecule has 2 N–H and O–H groups in total. The summed E-state index contributed by atoms with van der Waals surface area (Å²) in [5, 5.41) is 8.20. The zero-order valence-electron chi connectivity index (χ0n) is 13.0. The largest absolute Gasteiger partial charge is 0.373 e. The quantitative estimate of drug-likeness (QED) is 0.870. The molecule has 1 fully saturated rings. The van der Waals surface area contributed by atoms with Crippen LogP contribution in [0.15, 0.2) is 6.20 Å². The van der Waals surface area contributed by atoms with Crippen LogP contribution in [0.1, 0.15) is 64.6 Å². The summed E-state index contributed by atoms with van der Waals surface area (Å²) in [6.45, 7) is 8.06. The Kier molecular flexibility index (Phi) is 5.16. The lowest BCUT2D eigenvalue weighted by atomic mass is 9.74. The molecule has 1 aliphatic carbocycles. The fourth-order valence-corrected chi connectivity index (χ4v) is 3.24. The van der Waals surface area contributed by atoms with Gasteiger partial charge in [0.1, 0.15) is 0 Å². The lowest BCUT2D eigenvalue weighted by Gasteiger charge is -2.43. The maximum atomic E-state index is 6.59. The minimum absolute atomic E-state index is 0.142. The molecule has 0 aromatic carbocycles. The van der Waals surface area contributed by atoms with Crippen LogP contribution in [0.25, 0.3) is 0 Å². The van der Waals surface area contributed by atoms with Gasteiger partial charge in [0.2, 0.25) is 0 Å². The molecule has 20 heavy (non-hydrogen) atoms. The Morgan fingerprint density at radius 3 is 2.75 bits per heavy atom. The van der Waals surface area contributed by atoms with Gasteiger partial charge in [-0.15, -0.1) is 5.10 Å². The average Bonchev–Trinajstić information content (AvgIpc) is 2.90. The van der Waals surface area contributed by atoms with Gasteiger partial charge in [-0.05, 0) is 44.9 Å². The topological polar surface area (TPSA) is 66.0 Å². The maximum absolute atomic E-state index is 6.59. The second-order valence-corrected chi connectivity index (χ2v) is 6.04. The number of aryl methyl sites for hydroxylation is 1. The van der Waals surface area contributed by atoms with Crippen molar-refractivity contribution >= 4 is 0 Å². The highest BCUT2D eigenvalue weighted by atomic mass is 16.5. The van der Waals surface area contributed by atoms with Gasteiger partial charge in [0.05, 0.1) is 23.5 Å². The van der Waals surface area contributed by atoms with E-state index in [0.29, 0.717) is 6.61 Å². The molecule has 1 atom stereocenters. The van der Waals surface area contributed by atoms with E-state index in [-0.39, 0.29) is 11.6 Å². The summed E-state index contributed by atoms with van der Waals surface area (Å²) in [5.41, 5.74) is 7.35. The van der Waals surface area contributed by atoms with Crippen LogP contribution in [0.2, 0.25) is 0 Å². The van der Waals surface area contributed by atoms with Crippen LogP contribution in [0.4, 0.5) is 0 Å². The molecule has 1 unspecified atom stereocenters. The second kappa shape index (κ2) is 6.68. The molecule has 0 amide bonds. The average molecular weight is 280 g/mol. The summed E-state index contributed by atoms with van der Waals surface area (Å²) >= 11 is 0. The first kappa shape index (κ1) is 15.4. The molecule has 1 aromatic heterocycles. The highest BCUT2D eigenvalue weighted by Crippen LogP contribution is 2.41. The predicted octanol–water partition coefficient (Wildman–Crippen LogP) is 2.67. The van der Waals surface area contributed by atoms with Gasteiger partial charge >= 0.3 is 0 Å². The normalized spacial score (nSPS) is 28.5. The van der Waals surface area contributed by atoms with Gasteiger partial charge in [0, 0.05) is 13.2 Å². The fraction of sp³-hybridized carbons (Fsp3) is 0.867. The molecular formula is C15H28N4O. The third-order valence-electron chi connectivity index (χ3n) is 4.52. The van der Waals surface area contributed by atoms with Crippen LogP contribution >= 0.6 is 0 Å². The molecule has 114 valence electrons. The molecule has 0 radical (unpaired) electrons. The zero-order valence-corrected chi connectivity index (χ0v) is 13.0. The van der Waals surface area contributed by atoms with E-state index in [1.54, 1.807) is 6.20 Å². The van der Waals surface area contributed by atoms with Crippen molar-refractivity contribution in [2.24, 2.45) is 11.7 Å². The summed E-state index contributed by atoms with van der Waals surface area (Å²) in [6, 6.07) is -0.142. The Bertz CT molecular complexity index is 410. The SMILES string of the molecule is CCCn1nncc1C(N)C1(OCC)CCC(C)CC1. The Balaban J connectivity index is 2.22. The molecule has 1 heterocycles. The molecule has 5 nitrogen and oxygen atoms in total. The summed E-state index contributed by atoms with van der Waals surface area (Å²) < 4.78 is 8.08. The van der Waals surface area contributed by atoms with Crippen molar-refractivity contribution in [3.05, 3.63) is 11.9 Å². The second-order valence-electron chi connectivity index (χ2n) is 6.04. The van der Waals surface area contributed by atoms with E-state index in [1.807, 2.05) is 11.6 Å². The summed E-state index contributed by atoms with van der Waals surface area (Å²) in [7, 11) is 0. The Hall–Kier alpha value is -0.940. The van der Waals surface area contributed by atoms with Gasteiger partial charge in [-0.2, -0.15) is 0 Å². The minimum atomic E-state index is -0.242. The number of aromatic nitrogens is 3. The van der Waals surface area contributed by atoms with Gasteiger partial charge in [-0.1, -0.05) is 19.1 Å².